The van der Waals surface area contributed by atoms with Gasteiger partial charge in [-0.25, -0.2) is 8.42 Å². The Morgan fingerprint density at radius 2 is 0.720 bits per heavy atom. The van der Waals surface area contributed by atoms with Gasteiger partial charge in [0.05, 0.1) is 5.60 Å². The van der Waals surface area contributed by atoms with Gasteiger partial charge in [0.2, 0.25) is 10.4 Å². The summed E-state index contributed by atoms with van der Waals surface area (Å²) in [5, 5.41) is 9.71. The predicted octanol–water partition coefficient (Wildman–Crippen LogP) is 14.4. The fraction of sp³-hybridized carbons (Fsp3) is 0.907. The predicted molar refractivity (Wildman–Crippen MR) is 218 cm³/mol. The molecule has 0 fully saturated rings. The highest BCUT2D eigenvalue weighted by atomic mass is 32.3. The van der Waals surface area contributed by atoms with E-state index in [0.29, 0.717) is 12.8 Å². The minimum absolute atomic E-state index is 0. The van der Waals surface area contributed by atoms with Crippen molar-refractivity contribution in [3.63, 3.8) is 0 Å². The van der Waals surface area contributed by atoms with E-state index in [0.717, 1.165) is 51.4 Å². The molecule has 0 aliphatic carbocycles. The molecular formula is C43H87NO5S. The molecule has 6 nitrogen and oxygen atoms in total. The number of hydrogen-bond donors (Lipinski definition) is 2. The molecule has 0 radical (unpaired) electrons. The number of quaternary nitrogens is 1. The van der Waals surface area contributed by atoms with Gasteiger partial charge >= 0.3 is 0 Å². The van der Waals surface area contributed by atoms with Gasteiger partial charge in [0.25, 0.3) is 0 Å². The Bertz CT molecular complexity index is 783. The molecule has 0 saturated heterocycles. The molecule has 0 saturated carbocycles. The first-order chi connectivity index (χ1) is 23.9. The van der Waals surface area contributed by atoms with Crippen molar-refractivity contribution < 1.29 is 22.3 Å². The third kappa shape index (κ3) is 38.5. The SMILES string of the molecule is CCCCCCCCCC/C=C\CCCCCCCCC(CCO)(CCCCCCCC/C=C\CCCCCCCCCC)OS(=O)(=O)[O-].[NH4+]. The summed E-state index contributed by atoms with van der Waals surface area (Å²) in [6, 6.07) is 0. The lowest BCUT2D eigenvalue weighted by Gasteiger charge is -2.34. The quantitative estimate of drug-likeness (QED) is 0.0281. The standard InChI is InChI=1S/C43H84O5S.H3N/c1-3-5-7-9-11-13-15-17-19-21-23-25-27-29-31-33-35-37-39-43(41-42-44,48-49(45,46)47)40-38-36-34-32-30-28-26-24-22-20-18-16-14-12-10-8-6-4-2;/h21-24,44H,3-20,25-42H2,1-2H3,(H,45,46,47);1H3/b23-21-,24-22-;. The second-order valence-electron chi connectivity index (χ2n) is 14.9. The first-order valence-electron chi connectivity index (χ1n) is 21.5. The van der Waals surface area contributed by atoms with Gasteiger partial charge in [-0.3, -0.25) is 4.18 Å². The largest absolute Gasteiger partial charge is 0.726 e. The number of aliphatic hydroxyl groups excluding tert-OH is 1. The highest BCUT2D eigenvalue weighted by Gasteiger charge is 2.32. The summed E-state index contributed by atoms with van der Waals surface area (Å²) >= 11 is 0. The third-order valence-electron chi connectivity index (χ3n) is 10.1. The summed E-state index contributed by atoms with van der Waals surface area (Å²) in [4.78, 5) is 0. The van der Waals surface area contributed by atoms with E-state index >= 15 is 0 Å². The summed E-state index contributed by atoms with van der Waals surface area (Å²) in [7, 11) is -4.83. The van der Waals surface area contributed by atoms with Gasteiger partial charge in [-0.15, -0.1) is 0 Å². The fourth-order valence-corrected chi connectivity index (χ4v) is 7.70. The highest BCUT2D eigenvalue weighted by molar-refractivity contribution is 7.80. The monoisotopic (exact) mass is 730 g/mol. The van der Waals surface area contributed by atoms with Crippen LogP contribution in [0.2, 0.25) is 0 Å². The zero-order valence-electron chi connectivity index (χ0n) is 33.8. The molecule has 300 valence electrons. The number of aliphatic hydroxyl groups is 1. The van der Waals surface area contributed by atoms with Crippen molar-refractivity contribution in [2.24, 2.45) is 0 Å². The van der Waals surface area contributed by atoms with Crippen LogP contribution in [0, 0.1) is 0 Å². The van der Waals surface area contributed by atoms with Crippen LogP contribution in [0.25, 0.3) is 0 Å². The van der Waals surface area contributed by atoms with Crippen LogP contribution in [0.5, 0.6) is 0 Å². The summed E-state index contributed by atoms with van der Waals surface area (Å²) in [6.45, 7) is 4.37. The first kappa shape index (κ1) is 51.4. The Labute approximate surface area is 313 Å². The molecule has 50 heavy (non-hydrogen) atoms. The number of hydrogen-bond acceptors (Lipinski definition) is 5. The third-order valence-corrected chi connectivity index (χ3v) is 10.7. The van der Waals surface area contributed by atoms with Crippen molar-refractivity contribution in [1.82, 2.24) is 6.15 Å². The molecule has 0 aliphatic heterocycles. The Kier molecular flexibility index (Phi) is 40.6. The lowest BCUT2D eigenvalue weighted by atomic mass is 9.87. The normalized spacial score (nSPS) is 12.4. The average Bonchev–Trinajstić information content (AvgIpc) is 3.06. The lowest BCUT2D eigenvalue weighted by Crippen LogP contribution is -2.36. The van der Waals surface area contributed by atoms with Crippen molar-refractivity contribution in [1.29, 1.82) is 0 Å². The maximum Gasteiger partial charge on any atom is 0.218 e. The molecule has 0 heterocycles. The molecule has 7 heteroatoms. The van der Waals surface area contributed by atoms with Crippen LogP contribution in [0.1, 0.15) is 239 Å². The fourth-order valence-electron chi connectivity index (χ4n) is 7.02. The molecule has 0 aromatic rings. The van der Waals surface area contributed by atoms with Crippen LogP contribution in [-0.4, -0.2) is 30.3 Å². The van der Waals surface area contributed by atoms with E-state index in [4.69, 9.17) is 4.18 Å². The number of unbranched alkanes of at least 4 members (excludes halogenated alkanes) is 28. The van der Waals surface area contributed by atoms with Gasteiger partial charge in [0.1, 0.15) is 0 Å². The molecule has 0 spiro atoms. The molecule has 0 aliphatic rings. The van der Waals surface area contributed by atoms with Crippen molar-refractivity contribution in [3.8, 4) is 0 Å². The van der Waals surface area contributed by atoms with Gasteiger partial charge in [0.15, 0.2) is 0 Å². The minimum Gasteiger partial charge on any atom is -0.726 e. The highest BCUT2D eigenvalue weighted by Crippen LogP contribution is 2.32. The van der Waals surface area contributed by atoms with Crippen LogP contribution in [0.4, 0.5) is 0 Å². The second-order valence-corrected chi connectivity index (χ2v) is 15.9. The molecule has 0 amide bonds. The van der Waals surface area contributed by atoms with Crippen LogP contribution < -0.4 is 6.15 Å². The van der Waals surface area contributed by atoms with Crippen molar-refractivity contribution in [3.05, 3.63) is 24.3 Å². The Balaban J connectivity index is 0. The van der Waals surface area contributed by atoms with Crippen LogP contribution in [0.3, 0.4) is 0 Å². The van der Waals surface area contributed by atoms with E-state index in [9.17, 15) is 18.1 Å². The average molecular weight is 730 g/mol. The van der Waals surface area contributed by atoms with Gasteiger partial charge in [-0.2, -0.15) is 0 Å². The summed E-state index contributed by atoms with van der Waals surface area (Å²) in [6.07, 6.45) is 50.4. The van der Waals surface area contributed by atoms with Crippen LogP contribution in [0.15, 0.2) is 24.3 Å². The maximum absolute atomic E-state index is 11.6. The van der Waals surface area contributed by atoms with E-state index in [1.165, 1.54) is 154 Å². The molecule has 0 aromatic carbocycles. The Hall–Kier alpha value is -0.730. The summed E-state index contributed by atoms with van der Waals surface area (Å²) in [5.41, 5.74) is -1.06. The number of allylic oxidation sites excluding steroid dienone is 4. The number of rotatable bonds is 40. The molecule has 0 aromatic heterocycles. The van der Waals surface area contributed by atoms with Crippen LogP contribution in [-0.2, 0) is 14.6 Å². The topological polar surface area (TPSA) is 123 Å². The van der Waals surface area contributed by atoms with Gasteiger partial charge < -0.3 is 15.8 Å². The lowest BCUT2D eigenvalue weighted by molar-refractivity contribution is 0.0155. The van der Waals surface area contributed by atoms with Crippen LogP contribution >= 0.6 is 0 Å². The zero-order valence-corrected chi connectivity index (χ0v) is 34.6. The van der Waals surface area contributed by atoms with E-state index in [2.05, 4.69) is 38.2 Å². The van der Waals surface area contributed by atoms with Gasteiger partial charge in [-0.1, -0.05) is 192 Å². The Morgan fingerprint density at radius 3 is 0.980 bits per heavy atom. The molecule has 0 bridgehead atoms. The molecule has 0 unspecified atom stereocenters. The smallest absolute Gasteiger partial charge is 0.218 e. The van der Waals surface area contributed by atoms with E-state index < -0.39 is 16.0 Å². The summed E-state index contributed by atoms with van der Waals surface area (Å²) < 4.78 is 40.1. The Morgan fingerprint density at radius 1 is 0.460 bits per heavy atom. The van der Waals surface area contributed by atoms with E-state index in [1.807, 2.05) is 0 Å². The van der Waals surface area contributed by atoms with Crippen molar-refractivity contribution in [2.75, 3.05) is 6.61 Å². The van der Waals surface area contributed by atoms with Gasteiger partial charge in [0, 0.05) is 13.0 Å². The van der Waals surface area contributed by atoms with E-state index in [1.54, 1.807) is 0 Å². The summed E-state index contributed by atoms with van der Waals surface area (Å²) in [5.74, 6) is 0. The van der Waals surface area contributed by atoms with Gasteiger partial charge in [-0.05, 0) is 64.2 Å². The molecule has 0 atom stereocenters. The minimum atomic E-state index is -4.83. The second kappa shape index (κ2) is 39.5. The van der Waals surface area contributed by atoms with Crippen molar-refractivity contribution in [2.45, 2.75) is 244 Å². The molecule has 5 N–H and O–H groups in total. The molecular weight excluding hydrogens is 643 g/mol. The molecule has 0 rings (SSSR count). The first-order valence-corrected chi connectivity index (χ1v) is 22.8. The zero-order chi connectivity index (χ0) is 36.0. The van der Waals surface area contributed by atoms with Crippen molar-refractivity contribution >= 4 is 10.4 Å². The maximum atomic E-state index is 11.6. The van der Waals surface area contributed by atoms with E-state index in [-0.39, 0.29) is 19.2 Å².